The zero-order chi connectivity index (χ0) is 10.2. The van der Waals surface area contributed by atoms with E-state index in [4.69, 9.17) is 0 Å². The molecule has 0 aromatic rings. The third-order valence-corrected chi connectivity index (χ3v) is 4.67. The van der Waals surface area contributed by atoms with E-state index in [1.807, 2.05) is 0 Å². The standard InChI is InChI=1S/C13H25N/c1-4-13(9-14-10(2)3)8-11-5-6-12(13)7-11/h10-12,14H,4-9H2,1-3H3. The molecule has 1 nitrogen and oxygen atoms in total. The normalized spacial score (nSPS) is 41.1. The van der Waals surface area contributed by atoms with E-state index in [9.17, 15) is 0 Å². The third-order valence-electron chi connectivity index (χ3n) is 4.67. The van der Waals surface area contributed by atoms with Crippen LogP contribution in [0.3, 0.4) is 0 Å². The maximum absolute atomic E-state index is 3.66. The van der Waals surface area contributed by atoms with E-state index in [2.05, 4.69) is 26.1 Å². The summed E-state index contributed by atoms with van der Waals surface area (Å²) in [6.45, 7) is 8.18. The fourth-order valence-electron chi connectivity index (χ4n) is 3.74. The Kier molecular flexibility index (Phi) is 2.88. The molecule has 1 N–H and O–H groups in total. The average Bonchev–Trinajstić information content (AvgIpc) is 2.74. The van der Waals surface area contributed by atoms with Gasteiger partial charge in [-0.25, -0.2) is 0 Å². The molecule has 0 radical (unpaired) electrons. The largest absolute Gasteiger partial charge is 0.314 e. The molecule has 3 unspecified atom stereocenters. The molecule has 2 saturated carbocycles. The van der Waals surface area contributed by atoms with Crippen LogP contribution in [0.15, 0.2) is 0 Å². The van der Waals surface area contributed by atoms with Gasteiger partial charge in [-0.2, -0.15) is 0 Å². The van der Waals surface area contributed by atoms with Crippen LogP contribution in [0, 0.1) is 17.3 Å². The number of rotatable bonds is 4. The summed E-state index contributed by atoms with van der Waals surface area (Å²) in [5, 5.41) is 3.66. The first-order chi connectivity index (χ1) is 6.66. The molecular formula is C13H25N. The summed E-state index contributed by atoms with van der Waals surface area (Å²) in [4.78, 5) is 0. The first kappa shape index (κ1) is 10.5. The van der Waals surface area contributed by atoms with Crippen LogP contribution in [-0.4, -0.2) is 12.6 Å². The van der Waals surface area contributed by atoms with E-state index in [1.165, 1.54) is 38.6 Å². The number of hydrogen-bond acceptors (Lipinski definition) is 1. The van der Waals surface area contributed by atoms with E-state index in [1.54, 1.807) is 0 Å². The van der Waals surface area contributed by atoms with Crippen molar-refractivity contribution in [1.29, 1.82) is 0 Å². The van der Waals surface area contributed by atoms with Gasteiger partial charge in [-0.05, 0) is 42.9 Å². The lowest BCUT2D eigenvalue weighted by atomic mass is 9.71. The van der Waals surface area contributed by atoms with Crippen molar-refractivity contribution in [3.8, 4) is 0 Å². The van der Waals surface area contributed by atoms with Crippen LogP contribution >= 0.6 is 0 Å². The number of nitrogens with one attached hydrogen (secondary N) is 1. The van der Waals surface area contributed by atoms with Crippen molar-refractivity contribution >= 4 is 0 Å². The van der Waals surface area contributed by atoms with Gasteiger partial charge in [0.1, 0.15) is 0 Å². The minimum absolute atomic E-state index is 0.651. The first-order valence-corrected chi connectivity index (χ1v) is 6.39. The topological polar surface area (TPSA) is 12.0 Å². The highest BCUT2D eigenvalue weighted by Crippen LogP contribution is 2.57. The lowest BCUT2D eigenvalue weighted by molar-refractivity contribution is 0.146. The highest BCUT2D eigenvalue weighted by atomic mass is 14.9. The molecule has 2 aliphatic carbocycles. The zero-order valence-corrected chi connectivity index (χ0v) is 9.97. The molecule has 0 spiro atoms. The Morgan fingerprint density at radius 2 is 2.14 bits per heavy atom. The van der Waals surface area contributed by atoms with Crippen molar-refractivity contribution in [2.24, 2.45) is 17.3 Å². The molecule has 0 heterocycles. The Balaban J connectivity index is 1.97. The summed E-state index contributed by atoms with van der Waals surface area (Å²) in [5.41, 5.74) is 0.674. The van der Waals surface area contributed by atoms with Gasteiger partial charge in [0.05, 0.1) is 0 Å². The molecule has 2 bridgehead atoms. The fraction of sp³-hybridized carbons (Fsp3) is 1.00. The van der Waals surface area contributed by atoms with Gasteiger partial charge in [0, 0.05) is 12.6 Å². The molecule has 2 aliphatic rings. The van der Waals surface area contributed by atoms with Crippen LogP contribution in [0.5, 0.6) is 0 Å². The summed E-state index contributed by atoms with van der Waals surface area (Å²) in [6, 6.07) is 0.651. The predicted molar refractivity (Wildman–Crippen MR) is 61.3 cm³/mol. The minimum atomic E-state index is 0.651. The summed E-state index contributed by atoms with van der Waals surface area (Å²) in [5.74, 6) is 2.12. The smallest absolute Gasteiger partial charge is 0.00128 e. The van der Waals surface area contributed by atoms with Crippen molar-refractivity contribution in [3.05, 3.63) is 0 Å². The third kappa shape index (κ3) is 1.71. The van der Waals surface area contributed by atoms with Crippen LogP contribution in [0.1, 0.15) is 52.9 Å². The van der Waals surface area contributed by atoms with E-state index >= 15 is 0 Å². The van der Waals surface area contributed by atoms with Crippen molar-refractivity contribution in [2.45, 2.75) is 58.9 Å². The van der Waals surface area contributed by atoms with Crippen molar-refractivity contribution in [1.82, 2.24) is 5.32 Å². The van der Waals surface area contributed by atoms with Gasteiger partial charge in [0.25, 0.3) is 0 Å². The summed E-state index contributed by atoms with van der Waals surface area (Å²) < 4.78 is 0. The second-order valence-corrected chi connectivity index (χ2v) is 5.83. The van der Waals surface area contributed by atoms with Crippen molar-refractivity contribution < 1.29 is 0 Å². The lowest BCUT2D eigenvalue weighted by Crippen LogP contribution is -2.40. The molecule has 0 aliphatic heterocycles. The maximum Gasteiger partial charge on any atom is 0.00128 e. The van der Waals surface area contributed by atoms with Crippen LogP contribution in [-0.2, 0) is 0 Å². The van der Waals surface area contributed by atoms with Crippen molar-refractivity contribution in [2.75, 3.05) is 6.54 Å². The molecule has 0 aromatic carbocycles. The average molecular weight is 195 g/mol. The quantitative estimate of drug-likeness (QED) is 0.726. The number of hydrogen-bond donors (Lipinski definition) is 1. The monoisotopic (exact) mass is 195 g/mol. The summed E-state index contributed by atoms with van der Waals surface area (Å²) in [6.07, 6.45) is 7.46. The molecule has 14 heavy (non-hydrogen) atoms. The molecule has 0 amide bonds. The van der Waals surface area contributed by atoms with Gasteiger partial charge in [-0.3, -0.25) is 0 Å². The fourth-order valence-corrected chi connectivity index (χ4v) is 3.74. The van der Waals surface area contributed by atoms with Gasteiger partial charge >= 0.3 is 0 Å². The van der Waals surface area contributed by atoms with E-state index < -0.39 is 0 Å². The van der Waals surface area contributed by atoms with E-state index in [0.717, 1.165) is 11.8 Å². The SMILES string of the molecule is CCC1(CNC(C)C)CC2CCC1C2. The molecule has 3 atom stereocenters. The molecule has 82 valence electrons. The Bertz CT molecular complexity index is 199. The van der Waals surface area contributed by atoms with Crippen LogP contribution in [0.2, 0.25) is 0 Å². The van der Waals surface area contributed by atoms with Gasteiger partial charge in [0.2, 0.25) is 0 Å². The molecule has 1 heteroatoms. The second kappa shape index (κ2) is 3.84. The molecular weight excluding hydrogens is 170 g/mol. The minimum Gasteiger partial charge on any atom is -0.314 e. The van der Waals surface area contributed by atoms with Gasteiger partial charge in [-0.1, -0.05) is 27.2 Å². The molecule has 2 rings (SSSR count). The Hall–Kier alpha value is -0.0400. The van der Waals surface area contributed by atoms with Gasteiger partial charge in [0.15, 0.2) is 0 Å². The molecule has 0 saturated heterocycles. The lowest BCUT2D eigenvalue weighted by Gasteiger charge is -2.38. The van der Waals surface area contributed by atoms with Gasteiger partial charge < -0.3 is 5.32 Å². The second-order valence-electron chi connectivity index (χ2n) is 5.83. The van der Waals surface area contributed by atoms with Crippen LogP contribution < -0.4 is 5.32 Å². The zero-order valence-electron chi connectivity index (χ0n) is 9.97. The van der Waals surface area contributed by atoms with Crippen LogP contribution in [0.25, 0.3) is 0 Å². The number of fused-ring (bicyclic) bond motifs is 2. The van der Waals surface area contributed by atoms with Crippen LogP contribution in [0.4, 0.5) is 0 Å². The highest BCUT2D eigenvalue weighted by Gasteiger charge is 2.49. The van der Waals surface area contributed by atoms with Crippen molar-refractivity contribution in [3.63, 3.8) is 0 Å². The summed E-state index contributed by atoms with van der Waals surface area (Å²) in [7, 11) is 0. The summed E-state index contributed by atoms with van der Waals surface area (Å²) >= 11 is 0. The van der Waals surface area contributed by atoms with E-state index in [-0.39, 0.29) is 0 Å². The first-order valence-electron chi connectivity index (χ1n) is 6.39. The maximum atomic E-state index is 3.66. The predicted octanol–water partition coefficient (Wildman–Crippen LogP) is 3.20. The Labute approximate surface area is 88.7 Å². The molecule has 2 fully saturated rings. The highest BCUT2D eigenvalue weighted by molar-refractivity contribution is 5.00. The van der Waals surface area contributed by atoms with E-state index in [0.29, 0.717) is 11.5 Å². The Morgan fingerprint density at radius 1 is 1.36 bits per heavy atom. The molecule has 0 aromatic heterocycles. The Morgan fingerprint density at radius 3 is 2.57 bits per heavy atom. The van der Waals surface area contributed by atoms with Gasteiger partial charge in [-0.15, -0.1) is 0 Å².